The van der Waals surface area contributed by atoms with Crippen LogP contribution >= 0.6 is 0 Å². The molecule has 2 aliphatic carbocycles. The maximum absolute atomic E-state index is 11.8. The zero-order valence-corrected chi connectivity index (χ0v) is 11.9. The van der Waals surface area contributed by atoms with E-state index in [9.17, 15) is 9.59 Å². The molecule has 0 aliphatic heterocycles. The molecule has 2 aliphatic rings. The van der Waals surface area contributed by atoms with Crippen molar-refractivity contribution in [3.05, 3.63) is 0 Å². The third-order valence-electron chi connectivity index (χ3n) is 3.70. The van der Waals surface area contributed by atoms with Crippen molar-refractivity contribution >= 4 is 12.0 Å². The average Bonchev–Trinajstić information content (AvgIpc) is 3.09. The SMILES string of the molecule is CC(C)(C)OC(=O)N[C@H](C(N)=O)C(C1CC1)C1CC1. The largest absolute Gasteiger partial charge is 0.444 e. The molecule has 0 unspecified atom stereocenters. The molecule has 5 heteroatoms. The van der Waals surface area contributed by atoms with Crippen LogP contribution in [0.4, 0.5) is 4.79 Å². The van der Waals surface area contributed by atoms with Gasteiger partial charge in [-0.05, 0) is 64.2 Å². The van der Waals surface area contributed by atoms with E-state index in [1.54, 1.807) is 20.8 Å². The fourth-order valence-corrected chi connectivity index (χ4v) is 2.68. The summed E-state index contributed by atoms with van der Waals surface area (Å²) in [6.45, 7) is 5.39. The van der Waals surface area contributed by atoms with Gasteiger partial charge in [0, 0.05) is 0 Å². The minimum absolute atomic E-state index is 0.199. The number of primary amides is 1. The number of amides is 2. The van der Waals surface area contributed by atoms with E-state index in [0.717, 1.165) is 25.7 Å². The second kappa shape index (κ2) is 5.02. The summed E-state index contributed by atoms with van der Waals surface area (Å²) in [5.41, 5.74) is 4.90. The molecule has 108 valence electrons. The van der Waals surface area contributed by atoms with Crippen LogP contribution < -0.4 is 11.1 Å². The third kappa shape index (κ3) is 4.11. The number of hydrogen-bond donors (Lipinski definition) is 2. The first-order valence-corrected chi connectivity index (χ1v) is 7.07. The minimum Gasteiger partial charge on any atom is -0.444 e. The molecular weight excluding hydrogens is 244 g/mol. The maximum atomic E-state index is 11.8. The summed E-state index contributed by atoms with van der Waals surface area (Å²) in [6, 6.07) is -0.588. The molecule has 1 atom stereocenters. The third-order valence-corrected chi connectivity index (χ3v) is 3.70. The molecule has 0 saturated heterocycles. The van der Waals surface area contributed by atoms with Gasteiger partial charge in [0.15, 0.2) is 0 Å². The Balaban J connectivity index is 1.99. The van der Waals surface area contributed by atoms with Crippen molar-refractivity contribution in [2.75, 3.05) is 0 Å². The highest BCUT2D eigenvalue weighted by Gasteiger charge is 2.48. The lowest BCUT2D eigenvalue weighted by Gasteiger charge is -2.27. The monoisotopic (exact) mass is 268 g/mol. The van der Waals surface area contributed by atoms with Gasteiger partial charge in [0.2, 0.25) is 5.91 Å². The second-order valence-corrected chi connectivity index (χ2v) is 6.78. The molecule has 2 amide bonds. The quantitative estimate of drug-likeness (QED) is 0.797. The summed E-state index contributed by atoms with van der Waals surface area (Å²) in [5.74, 6) is 0.833. The summed E-state index contributed by atoms with van der Waals surface area (Å²) in [6.07, 6.45) is 4.01. The van der Waals surface area contributed by atoms with Crippen molar-refractivity contribution in [2.24, 2.45) is 23.5 Å². The van der Waals surface area contributed by atoms with Gasteiger partial charge >= 0.3 is 6.09 Å². The van der Waals surface area contributed by atoms with Gasteiger partial charge in [-0.2, -0.15) is 0 Å². The van der Waals surface area contributed by atoms with Crippen molar-refractivity contribution in [1.29, 1.82) is 0 Å². The van der Waals surface area contributed by atoms with Gasteiger partial charge < -0.3 is 15.8 Å². The van der Waals surface area contributed by atoms with Gasteiger partial charge in [0.25, 0.3) is 0 Å². The van der Waals surface area contributed by atoms with Crippen LogP contribution in [-0.4, -0.2) is 23.6 Å². The number of ether oxygens (including phenoxy) is 1. The smallest absolute Gasteiger partial charge is 0.408 e. The Hall–Kier alpha value is -1.26. The van der Waals surface area contributed by atoms with Crippen LogP contribution in [0.25, 0.3) is 0 Å². The molecule has 3 N–H and O–H groups in total. The van der Waals surface area contributed by atoms with E-state index in [2.05, 4.69) is 5.32 Å². The van der Waals surface area contributed by atoms with Gasteiger partial charge in [-0.3, -0.25) is 4.79 Å². The molecule has 0 radical (unpaired) electrons. The van der Waals surface area contributed by atoms with Crippen molar-refractivity contribution in [2.45, 2.75) is 58.1 Å². The van der Waals surface area contributed by atoms with E-state index in [1.165, 1.54) is 0 Å². The number of nitrogens with two attached hydrogens (primary N) is 1. The van der Waals surface area contributed by atoms with Gasteiger partial charge in [0.1, 0.15) is 11.6 Å². The van der Waals surface area contributed by atoms with Crippen LogP contribution in [-0.2, 0) is 9.53 Å². The van der Waals surface area contributed by atoms with Gasteiger partial charge in [-0.1, -0.05) is 0 Å². The minimum atomic E-state index is -0.588. The van der Waals surface area contributed by atoms with Crippen LogP contribution in [0.2, 0.25) is 0 Å². The molecule has 19 heavy (non-hydrogen) atoms. The first-order chi connectivity index (χ1) is 8.78. The van der Waals surface area contributed by atoms with Gasteiger partial charge in [-0.15, -0.1) is 0 Å². The van der Waals surface area contributed by atoms with Crippen LogP contribution in [0.1, 0.15) is 46.5 Å². The zero-order chi connectivity index (χ0) is 14.2. The van der Waals surface area contributed by atoms with Crippen LogP contribution in [0.5, 0.6) is 0 Å². The molecule has 2 rings (SSSR count). The Morgan fingerprint density at radius 2 is 1.63 bits per heavy atom. The standard InChI is InChI=1S/C14H24N2O3/c1-14(2,3)19-13(18)16-11(12(15)17)10(8-4-5-8)9-6-7-9/h8-11H,4-7H2,1-3H3,(H2,15,17)(H,16,18)/t11-/m0/s1. The molecule has 0 aromatic rings. The fraction of sp³-hybridized carbons (Fsp3) is 0.857. The number of hydrogen-bond acceptors (Lipinski definition) is 3. The number of carbonyl (C=O) groups is 2. The Bertz CT molecular complexity index is 355. The van der Waals surface area contributed by atoms with E-state index in [0.29, 0.717) is 11.8 Å². The van der Waals surface area contributed by atoms with E-state index in [1.807, 2.05) is 0 Å². The van der Waals surface area contributed by atoms with Crippen LogP contribution in [0.15, 0.2) is 0 Å². The Morgan fingerprint density at radius 3 is 1.95 bits per heavy atom. The Kier molecular flexibility index (Phi) is 3.74. The van der Waals surface area contributed by atoms with E-state index < -0.39 is 23.6 Å². The Morgan fingerprint density at radius 1 is 1.16 bits per heavy atom. The predicted molar refractivity (Wildman–Crippen MR) is 71.3 cm³/mol. The Labute approximate surface area is 114 Å². The summed E-state index contributed by atoms with van der Waals surface area (Å²) < 4.78 is 5.21. The number of carbonyl (C=O) groups excluding carboxylic acids is 2. The van der Waals surface area contributed by atoms with Gasteiger partial charge in [0.05, 0.1) is 0 Å². The molecular formula is C14H24N2O3. The van der Waals surface area contributed by atoms with Crippen molar-refractivity contribution in [3.8, 4) is 0 Å². The molecule has 5 nitrogen and oxygen atoms in total. The highest BCUT2D eigenvalue weighted by molar-refractivity contribution is 5.84. The summed E-state index contributed by atoms with van der Waals surface area (Å²) in [7, 11) is 0. The molecule has 0 bridgehead atoms. The topological polar surface area (TPSA) is 81.4 Å². The van der Waals surface area contributed by atoms with E-state index >= 15 is 0 Å². The summed E-state index contributed by atoms with van der Waals surface area (Å²) in [4.78, 5) is 23.5. The van der Waals surface area contributed by atoms with Crippen LogP contribution in [0.3, 0.4) is 0 Å². The second-order valence-electron chi connectivity index (χ2n) is 6.78. The summed E-state index contributed by atoms with van der Waals surface area (Å²) >= 11 is 0. The lowest BCUT2D eigenvalue weighted by Crippen LogP contribution is -2.51. The highest BCUT2D eigenvalue weighted by atomic mass is 16.6. The fourth-order valence-electron chi connectivity index (χ4n) is 2.68. The zero-order valence-electron chi connectivity index (χ0n) is 11.9. The van der Waals surface area contributed by atoms with Gasteiger partial charge in [-0.25, -0.2) is 4.79 Å². The van der Waals surface area contributed by atoms with E-state index in [4.69, 9.17) is 10.5 Å². The first-order valence-electron chi connectivity index (χ1n) is 7.07. The summed E-state index contributed by atoms with van der Waals surface area (Å²) in [5, 5.41) is 2.68. The molecule has 0 spiro atoms. The molecule has 2 fully saturated rings. The van der Waals surface area contributed by atoms with Crippen molar-refractivity contribution in [3.63, 3.8) is 0 Å². The highest BCUT2D eigenvalue weighted by Crippen LogP contribution is 2.50. The number of rotatable bonds is 5. The molecule has 2 saturated carbocycles. The van der Waals surface area contributed by atoms with Crippen LogP contribution in [0, 0.1) is 17.8 Å². The molecule has 0 aromatic heterocycles. The predicted octanol–water partition coefficient (Wildman–Crippen LogP) is 1.80. The van der Waals surface area contributed by atoms with E-state index in [-0.39, 0.29) is 5.92 Å². The average molecular weight is 268 g/mol. The molecule has 0 aromatic carbocycles. The lowest BCUT2D eigenvalue weighted by molar-refractivity contribution is -0.121. The maximum Gasteiger partial charge on any atom is 0.408 e. The number of alkyl carbamates (subject to hydrolysis) is 1. The molecule has 0 heterocycles. The number of nitrogens with one attached hydrogen (secondary N) is 1. The first kappa shape index (κ1) is 14.2. The van der Waals surface area contributed by atoms with Crippen molar-refractivity contribution < 1.29 is 14.3 Å². The lowest BCUT2D eigenvalue weighted by atomic mass is 9.89. The normalized spacial score (nSPS) is 21.1. The van der Waals surface area contributed by atoms with Crippen molar-refractivity contribution in [1.82, 2.24) is 5.32 Å².